The lowest BCUT2D eigenvalue weighted by atomic mass is 10.0. The third-order valence-electron chi connectivity index (χ3n) is 5.69. The first kappa shape index (κ1) is 20.4. The Labute approximate surface area is 177 Å². The van der Waals surface area contributed by atoms with Crippen molar-refractivity contribution >= 4 is 17.1 Å². The normalized spacial score (nSPS) is 16.5. The third-order valence-corrected chi connectivity index (χ3v) is 5.69. The molecular formula is C24H30N4O2. The van der Waals surface area contributed by atoms with E-state index in [4.69, 9.17) is 9.72 Å². The van der Waals surface area contributed by atoms with Crippen molar-refractivity contribution in [1.29, 1.82) is 0 Å². The van der Waals surface area contributed by atoms with Gasteiger partial charge in [-0.2, -0.15) is 0 Å². The van der Waals surface area contributed by atoms with E-state index >= 15 is 0 Å². The van der Waals surface area contributed by atoms with Gasteiger partial charge in [0.05, 0.1) is 0 Å². The van der Waals surface area contributed by atoms with Crippen molar-refractivity contribution in [2.24, 2.45) is 11.8 Å². The molecular weight excluding hydrogens is 376 g/mol. The maximum atomic E-state index is 12.7. The molecule has 0 spiro atoms. The number of carbonyl (C=O) groups excluding carboxylic acids is 1. The van der Waals surface area contributed by atoms with Gasteiger partial charge in [-0.05, 0) is 48.9 Å². The molecule has 6 heteroatoms. The Kier molecular flexibility index (Phi) is 6.02. The molecule has 0 radical (unpaired) electrons. The molecule has 30 heavy (non-hydrogen) atoms. The second-order valence-electron chi connectivity index (χ2n) is 8.63. The summed E-state index contributed by atoms with van der Waals surface area (Å²) < 4.78 is 8.01. The molecule has 0 aliphatic carbocycles. The monoisotopic (exact) mass is 406 g/mol. The quantitative estimate of drug-likeness (QED) is 0.598. The van der Waals surface area contributed by atoms with Gasteiger partial charge in [-0.1, -0.05) is 32.0 Å². The van der Waals surface area contributed by atoms with Crippen LogP contribution < -0.4 is 4.74 Å². The van der Waals surface area contributed by atoms with Gasteiger partial charge in [0.1, 0.15) is 17.1 Å². The number of carbonyl (C=O) groups is 1. The van der Waals surface area contributed by atoms with Crippen molar-refractivity contribution in [3.05, 3.63) is 54.0 Å². The number of imidazole rings is 1. The summed E-state index contributed by atoms with van der Waals surface area (Å²) in [5.41, 5.74) is 2.95. The predicted molar refractivity (Wildman–Crippen MR) is 117 cm³/mol. The first-order valence-corrected chi connectivity index (χ1v) is 10.8. The molecule has 1 atom stereocenters. The molecule has 1 aliphatic rings. The van der Waals surface area contributed by atoms with Crippen LogP contribution in [0.3, 0.4) is 0 Å². The molecule has 0 bridgehead atoms. The molecule has 4 rings (SSSR count). The van der Waals surface area contributed by atoms with Gasteiger partial charge in [-0.25, -0.2) is 9.97 Å². The van der Waals surface area contributed by atoms with Crippen LogP contribution in [0.5, 0.6) is 5.75 Å². The van der Waals surface area contributed by atoms with Gasteiger partial charge in [-0.15, -0.1) is 0 Å². The number of hydrogen-bond acceptors (Lipinski definition) is 4. The van der Waals surface area contributed by atoms with Gasteiger partial charge in [0, 0.05) is 32.3 Å². The number of ether oxygens (including phenoxy) is 1. The summed E-state index contributed by atoms with van der Waals surface area (Å²) in [6.07, 6.45) is 3.69. The summed E-state index contributed by atoms with van der Waals surface area (Å²) in [4.78, 5) is 24.0. The minimum absolute atomic E-state index is 0.0538. The average molecular weight is 407 g/mol. The summed E-state index contributed by atoms with van der Waals surface area (Å²) in [5, 5.41) is 0. The van der Waals surface area contributed by atoms with Crippen molar-refractivity contribution in [1.82, 2.24) is 19.4 Å². The van der Waals surface area contributed by atoms with Crippen LogP contribution in [0.1, 0.15) is 31.7 Å². The second-order valence-corrected chi connectivity index (χ2v) is 8.63. The van der Waals surface area contributed by atoms with E-state index in [1.807, 2.05) is 54.4 Å². The Morgan fingerprint density at radius 3 is 2.87 bits per heavy atom. The summed E-state index contributed by atoms with van der Waals surface area (Å²) in [6, 6.07) is 11.7. The highest BCUT2D eigenvalue weighted by Crippen LogP contribution is 2.24. The maximum absolute atomic E-state index is 12.7. The van der Waals surface area contributed by atoms with Crippen LogP contribution in [-0.2, 0) is 17.8 Å². The van der Waals surface area contributed by atoms with Crippen LogP contribution >= 0.6 is 0 Å². The highest BCUT2D eigenvalue weighted by molar-refractivity contribution is 5.78. The zero-order valence-electron chi connectivity index (χ0n) is 18.0. The zero-order chi connectivity index (χ0) is 21.1. The molecule has 1 aliphatic heterocycles. The Balaban J connectivity index is 1.39. The number of aromatic nitrogens is 3. The minimum atomic E-state index is 0.0538. The first-order chi connectivity index (χ1) is 14.5. The summed E-state index contributed by atoms with van der Waals surface area (Å²) in [6.45, 7) is 8.95. The highest BCUT2D eigenvalue weighted by Gasteiger charge is 2.28. The fraction of sp³-hybridized carbons (Fsp3) is 0.458. The molecule has 0 saturated carbocycles. The van der Waals surface area contributed by atoms with E-state index < -0.39 is 0 Å². The van der Waals surface area contributed by atoms with E-state index in [1.165, 1.54) is 0 Å². The van der Waals surface area contributed by atoms with E-state index in [0.29, 0.717) is 11.8 Å². The molecule has 2 aromatic heterocycles. The minimum Gasteiger partial charge on any atom is -0.484 e. The third kappa shape index (κ3) is 4.48. The van der Waals surface area contributed by atoms with E-state index in [1.54, 1.807) is 0 Å². The molecule has 158 valence electrons. The largest absolute Gasteiger partial charge is 0.484 e. The molecule has 1 saturated heterocycles. The SMILES string of the molecule is Cc1ccccc1OCC(=O)N1CCC(Cc2nc3cccnc3n2CC(C)C)C1. The molecule has 3 heterocycles. The number of fused-ring (bicyclic) bond motifs is 1. The number of nitrogens with zero attached hydrogens (tertiary/aromatic N) is 4. The van der Waals surface area contributed by atoms with Gasteiger partial charge >= 0.3 is 0 Å². The Morgan fingerprint density at radius 2 is 2.07 bits per heavy atom. The predicted octanol–water partition coefficient (Wildman–Crippen LogP) is 3.87. The molecule has 0 N–H and O–H groups in total. The standard InChI is InChI=1S/C24H30N4O2/c1-17(2)14-28-22(26-20-8-6-11-25-24(20)28)13-19-10-12-27(15-19)23(29)16-30-21-9-5-4-7-18(21)3/h4-9,11,17,19H,10,12-16H2,1-3H3. The number of benzene rings is 1. The topological polar surface area (TPSA) is 60.2 Å². The van der Waals surface area contributed by atoms with Gasteiger partial charge in [0.2, 0.25) is 0 Å². The number of pyridine rings is 1. The fourth-order valence-corrected chi connectivity index (χ4v) is 4.15. The van der Waals surface area contributed by atoms with Gasteiger partial charge in [0.15, 0.2) is 12.3 Å². The van der Waals surface area contributed by atoms with E-state index in [0.717, 1.165) is 60.8 Å². The van der Waals surface area contributed by atoms with Crippen LogP contribution in [0.2, 0.25) is 0 Å². The van der Waals surface area contributed by atoms with Crippen molar-refractivity contribution in [3.63, 3.8) is 0 Å². The number of para-hydroxylation sites is 1. The Hall–Kier alpha value is -2.89. The Bertz CT molecular complexity index is 1030. The van der Waals surface area contributed by atoms with Crippen molar-refractivity contribution in [2.75, 3.05) is 19.7 Å². The van der Waals surface area contributed by atoms with Crippen LogP contribution in [0.15, 0.2) is 42.6 Å². The second kappa shape index (κ2) is 8.86. The van der Waals surface area contributed by atoms with Crippen LogP contribution in [-0.4, -0.2) is 45.0 Å². The smallest absolute Gasteiger partial charge is 0.260 e. The summed E-state index contributed by atoms with van der Waals surface area (Å²) in [5.74, 6) is 2.83. The van der Waals surface area contributed by atoms with Gasteiger partial charge < -0.3 is 14.2 Å². The summed E-state index contributed by atoms with van der Waals surface area (Å²) >= 11 is 0. The van der Waals surface area contributed by atoms with Crippen LogP contribution in [0.25, 0.3) is 11.2 Å². The van der Waals surface area contributed by atoms with E-state index in [2.05, 4.69) is 23.4 Å². The lowest BCUT2D eigenvalue weighted by Gasteiger charge is -2.18. The molecule has 1 amide bonds. The zero-order valence-corrected chi connectivity index (χ0v) is 18.0. The van der Waals surface area contributed by atoms with Gasteiger partial charge in [-0.3, -0.25) is 4.79 Å². The number of hydrogen-bond donors (Lipinski definition) is 0. The lowest BCUT2D eigenvalue weighted by Crippen LogP contribution is -2.33. The average Bonchev–Trinajstić information content (AvgIpc) is 3.32. The molecule has 6 nitrogen and oxygen atoms in total. The van der Waals surface area contributed by atoms with E-state index in [-0.39, 0.29) is 12.5 Å². The maximum Gasteiger partial charge on any atom is 0.260 e. The number of likely N-dealkylation sites (tertiary alicyclic amines) is 1. The van der Waals surface area contributed by atoms with Crippen LogP contribution in [0, 0.1) is 18.8 Å². The fourth-order valence-electron chi connectivity index (χ4n) is 4.15. The number of amides is 1. The lowest BCUT2D eigenvalue weighted by molar-refractivity contribution is -0.132. The number of aryl methyl sites for hydroxylation is 1. The van der Waals surface area contributed by atoms with Crippen LogP contribution in [0.4, 0.5) is 0 Å². The first-order valence-electron chi connectivity index (χ1n) is 10.8. The molecule has 1 aromatic carbocycles. The number of rotatable bonds is 7. The van der Waals surface area contributed by atoms with Gasteiger partial charge in [0.25, 0.3) is 5.91 Å². The molecule has 1 fully saturated rings. The Morgan fingerprint density at radius 1 is 1.23 bits per heavy atom. The van der Waals surface area contributed by atoms with E-state index in [9.17, 15) is 4.79 Å². The highest BCUT2D eigenvalue weighted by atomic mass is 16.5. The molecule has 1 unspecified atom stereocenters. The van der Waals surface area contributed by atoms with Crippen molar-refractivity contribution < 1.29 is 9.53 Å². The van der Waals surface area contributed by atoms with Crippen molar-refractivity contribution in [3.8, 4) is 5.75 Å². The molecule has 3 aromatic rings. The van der Waals surface area contributed by atoms with Crippen molar-refractivity contribution in [2.45, 2.75) is 40.2 Å². The summed E-state index contributed by atoms with van der Waals surface area (Å²) in [7, 11) is 0.